The number of benzene rings is 2. The van der Waals surface area contributed by atoms with E-state index in [4.69, 9.17) is 0 Å². The fraction of sp³-hybridized carbons (Fsp3) is 0.304. The molecule has 0 saturated heterocycles. The van der Waals surface area contributed by atoms with E-state index in [2.05, 4.69) is 12.0 Å². The smallest absolute Gasteiger partial charge is 0.353 e. The highest BCUT2D eigenvalue weighted by molar-refractivity contribution is 5.95. The van der Waals surface area contributed by atoms with Gasteiger partial charge in [0.2, 0.25) is 0 Å². The summed E-state index contributed by atoms with van der Waals surface area (Å²) in [5, 5.41) is 13.7. The maximum atomic E-state index is 12.7. The Morgan fingerprint density at radius 1 is 1.03 bits per heavy atom. The number of aryl methyl sites for hydroxylation is 1. The van der Waals surface area contributed by atoms with Crippen LogP contribution in [-0.2, 0) is 13.0 Å². The minimum absolute atomic E-state index is 0.210. The highest BCUT2D eigenvalue weighted by Gasteiger charge is 2.17. The molecular formula is C23H25N3O4. The van der Waals surface area contributed by atoms with Crippen LogP contribution in [0.3, 0.4) is 0 Å². The summed E-state index contributed by atoms with van der Waals surface area (Å²) in [4.78, 5) is 36.3. The normalized spacial score (nSPS) is 10.9. The van der Waals surface area contributed by atoms with Gasteiger partial charge in [-0.1, -0.05) is 62.7 Å². The van der Waals surface area contributed by atoms with E-state index in [0.29, 0.717) is 24.4 Å². The molecule has 0 aliphatic carbocycles. The number of aromatic carboxylic acids is 1. The zero-order valence-corrected chi connectivity index (χ0v) is 17.2. The summed E-state index contributed by atoms with van der Waals surface area (Å²) in [6, 6.07) is 14.3. The number of carboxylic acid groups (broad SMARTS) is 1. The first kappa shape index (κ1) is 21.2. The van der Waals surface area contributed by atoms with Crippen LogP contribution in [0.2, 0.25) is 0 Å². The van der Waals surface area contributed by atoms with Gasteiger partial charge in [-0.25, -0.2) is 9.59 Å². The van der Waals surface area contributed by atoms with Crippen LogP contribution in [0.15, 0.2) is 53.3 Å². The molecule has 0 unspecified atom stereocenters. The Morgan fingerprint density at radius 3 is 2.37 bits per heavy atom. The summed E-state index contributed by atoms with van der Waals surface area (Å²) in [6.07, 6.45) is 2.67. The Bertz CT molecular complexity index is 1110. The first-order valence-electron chi connectivity index (χ1n) is 10.1. The zero-order valence-electron chi connectivity index (χ0n) is 17.2. The second-order valence-corrected chi connectivity index (χ2v) is 7.10. The standard InChI is InChI=1S/C23H25N3O4/c1-3-5-10-20-24-26(21(27)4-2)23(30)25(20)15-16-11-13-17(14-12-16)18-8-6-7-9-19(18)22(28)29/h6-9,11-14H,3-5,10,15H2,1-2H3,(H,28,29). The molecule has 3 rings (SSSR count). The molecule has 2 aromatic carbocycles. The van der Waals surface area contributed by atoms with E-state index in [1.807, 2.05) is 24.3 Å². The fourth-order valence-corrected chi connectivity index (χ4v) is 3.32. The van der Waals surface area contributed by atoms with E-state index < -0.39 is 11.7 Å². The van der Waals surface area contributed by atoms with E-state index in [1.165, 1.54) is 0 Å². The van der Waals surface area contributed by atoms with Crippen molar-refractivity contribution in [1.29, 1.82) is 0 Å². The van der Waals surface area contributed by atoms with Crippen molar-refractivity contribution in [3.05, 3.63) is 76.0 Å². The van der Waals surface area contributed by atoms with Crippen LogP contribution in [0.4, 0.5) is 0 Å². The second kappa shape index (κ2) is 9.35. The van der Waals surface area contributed by atoms with Gasteiger partial charge in [-0.2, -0.15) is 0 Å². The Labute approximate surface area is 174 Å². The number of carbonyl (C=O) groups excluding carboxylic acids is 1. The molecule has 0 bridgehead atoms. The van der Waals surface area contributed by atoms with Crippen molar-refractivity contribution < 1.29 is 14.7 Å². The number of unbranched alkanes of at least 4 members (excludes halogenated alkanes) is 1. The Hall–Kier alpha value is -3.48. The monoisotopic (exact) mass is 407 g/mol. The van der Waals surface area contributed by atoms with Gasteiger partial charge in [-0.15, -0.1) is 9.78 Å². The molecule has 0 amide bonds. The predicted molar refractivity (Wildman–Crippen MR) is 114 cm³/mol. The summed E-state index contributed by atoms with van der Waals surface area (Å²) in [7, 11) is 0. The molecular weight excluding hydrogens is 382 g/mol. The Morgan fingerprint density at radius 2 is 1.73 bits per heavy atom. The molecule has 1 aromatic heterocycles. The highest BCUT2D eigenvalue weighted by atomic mass is 16.4. The average molecular weight is 407 g/mol. The molecule has 0 atom stereocenters. The molecule has 1 heterocycles. The Balaban J connectivity index is 1.92. The van der Waals surface area contributed by atoms with Crippen LogP contribution in [0.5, 0.6) is 0 Å². The quantitative estimate of drug-likeness (QED) is 0.612. The van der Waals surface area contributed by atoms with E-state index in [-0.39, 0.29) is 17.9 Å². The van der Waals surface area contributed by atoms with Crippen LogP contribution in [0.1, 0.15) is 59.7 Å². The predicted octanol–water partition coefficient (Wildman–Crippen LogP) is 3.85. The minimum atomic E-state index is -0.977. The molecule has 3 aromatic rings. The maximum Gasteiger partial charge on any atom is 0.353 e. The van der Waals surface area contributed by atoms with Crippen LogP contribution >= 0.6 is 0 Å². The van der Waals surface area contributed by atoms with Crippen molar-refractivity contribution in [2.24, 2.45) is 0 Å². The summed E-state index contributed by atoms with van der Waals surface area (Å²) in [5.41, 5.74) is 2.11. The molecule has 156 valence electrons. The molecule has 0 spiro atoms. The minimum Gasteiger partial charge on any atom is -0.478 e. The van der Waals surface area contributed by atoms with Crippen molar-refractivity contribution in [3.63, 3.8) is 0 Å². The number of carboxylic acids is 1. The van der Waals surface area contributed by atoms with Gasteiger partial charge in [-0.3, -0.25) is 9.36 Å². The molecule has 1 N–H and O–H groups in total. The lowest BCUT2D eigenvalue weighted by Crippen LogP contribution is -2.30. The number of carbonyl (C=O) groups is 2. The largest absolute Gasteiger partial charge is 0.478 e. The first-order chi connectivity index (χ1) is 14.5. The molecule has 0 fully saturated rings. The van der Waals surface area contributed by atoms with E-state index in [9.17, 15) is 19.5 Å². The maximum absolute atomic E-state index is 12.7. The third-order valence-electron chi connectivity index (χ3n) is 4.99. The third kappa shape index (κ3) is 4.40. The number of aromatic nitrogens is 3. The zero-order chi connectivity index (χ0) is 21.7. The van der Waals surface area contributed by atoms with Gasteiger partial charge >= 0.3 is 11.7 Å². The lowest BCUT2D eigenvalue weighted by Gasteiger charge is -2.09. The van der Waals surface area contributed by atoms with E-state index in [0.717, 1.165) is 28.7 Å². The number of hydrogen-bond acceptors (Lipinski definition) is 4. The number of hydrogen-bond donors (Lipinski definition) is 1. The van der Waals surface area contributed by atoms with Gasteiger partial charge < -0.3 is 5.11 Å². The summed E-state index contributed by atoms with van der Waals surface area (Å²) < 4.78 is 2.51. The summed E-state index contributed by atoms with van der Waals surface area (Å²) in [5.74, 6) is -0.698. The molecule has 30 heavy (non-hydrogen) atoms. The number of nitrogens with zero attached hydrogens (tertiary/aromatic N) is 3. The SMILES string of the molecule is CCCCc1nn(C(=O)CC)c(=O)n1Cc1ccc(-c2ccccc2C(=O)O)cc1. The van der Waals surface area contributed by atoms with Crippen molar-refractivity contribution in [2.75, 3.05) is 0 Å². The summed E-state index contributed by atoms with van der Waals surface area (Å²) >= 11 is 0. The lowest BCUT2D eigenvalue weighted by molar-refractivity contribution is 0.0697. The highest BCUT2D eigenvalue weighted by Crippen LogP contribution is 2.24. The van der Waals surface area contributed by atoms with Gasteiger partial charge in [0, 0.05) is 12.8 Å². The first-order valence-corrected chi connectivity index (χ1v) is 10.1. The van der Waals surface area contributed by atoms with Gasteiger partial charge in [0.05, 0.1) is 12.1 Å². The lowest BCUT2D eigenvalue weighted by atomic mass is 9.99. The van der Waals surface area contributed by atoms with Crippen LogP contribution < -0.4 is 5.69 Å². The average Bonchev–Trinajstić information content (AvgIpc) is 3.07. The third-order valence-corrected chi connectivity index (χ3v) is 4.99. The van der Waals surface area contributed by atoms with Gasteiger partial charge in [0.25, 0.3) is 5.91 Å². The summed E-state index contributed by atoms with van der Waals surface area (Å²) in [6.45, 7) is 4.06. The van der Waals surface area contributed by atoms with Crippen molar-refractivity contribution in [3.8, 4) is 11.1 Å². The van der Waals surface area contributed by atoms with Crippen molar-refractivity contribution in [1.82, 2.24) is 14.3 Å². The molecule has 0 radical (unpaired) electrons. The van der Waals surface area contributed by atoms with Crippen molar-refractivity contribution in [2.45, 2.75) is 46.1 Å². The van der Waals surface area contributed by atoms with Gasteiger partial charge in [-0.05, 0) is 29.2 Å². The van der Waals surface area contributed by atoms with Crippen LogP contribution in [-0.4, -0.2) is 31.3 Å². The molecule has 7 nitrogen and oxygen atoms in total. The van der Waals surface area contributed by atoms with Gasteiger partial charge in [0.1, 0.15) is 5.82 Å². The van der Waals surface area contributed by atoms with E-state index >= 15 is 0 Å². The second-order valence-electron chi connectivity index (χ2n) is 7.10. The molecule has 0 aliphatic heterocycles. The number of rotatable bonds is 8. The molecule has 0 saturated carbocycles. The van der Waals surface area contributed by atoms with Crippen LogP contribution in [0.25, 0.3) is 11.1 Å². The fourth-order valence-electron chi connectivity index (χ4n) is 3.32. The van der Waals surface area contributed by atoms with Crippen LogP contribution in [0, 0.1) is 0 Å². The van der Waals surface area contributed by atoms with Gasteiger partial charge in [0.15, 0.2) is 0 Å². The molecule has 7 heteroatoms. The molecule has 0 aliphatic rings. The Kier molecular flexibility index (Phi) is 6.61. The van der Waals surface area contributed by atoms with E-state index in [1.54, 1.807) is 35.8 Å². The topological polar surface area (TPSA) is 94.2 Å². The van der Waals surface area contributed by atoms with Crippen molar-refractivity contribution >= 4 is 11.9 Å².